The number of ketones is 1. The van der Waals surface area contributed by atoms with Crippen LogP contribution in [0.3, 0.4) is 0 Å². The summed E-state index contributed by atoms with van der Waals surface area (Å²) in [5, 5.41) is 28.9. The highest BCUT2D eigenvalue weighted by atomic mass is 16.7. The van der Waals surface area contributed by atoms with Crippen LogP contribution >= 0.6 is 0 Å². The standard InChI is InChI=1S/C15H18O8/c1-6-4-8(16)5-9(17)10(6)14(20)23-13-7(2)22-15(21-3)12(19)11(13)18/h4-5,7,12-13,15-17,19H,1-3H3. The van der Waals surface area contributed by atoms with Gasteiger partial charge in [-0.3, -0.25) is 4.79 Å². The summed E-state index contributed by atoms with van der Waals surface area (Å²) < 4.78 is 15.2. The molecule has 4 atom stereocenters. The molecule has 0 aliphatic carbocycles. The van der Waals surface area contributed by atoms with E-state index >= 15 is 0 Å². The molecule has 2 rings (SSSR count). The largest absolute Gasteiger partial charge is 0.508 e. The molecule has 0 radical (unpaired) electrons. The Bertz CT molecular complexity index is 603. The number of carbonyl (C=O) groups excluding carboxylic acids is 2. The minimum Gasteiger partial charge on any atom is -0.508 e. The van der Waals surface area contributed by atoms with Gasteiger partial charge in [0, 0.05) is 13.2 Å². The molecule has 1 fully saturated rings. The van der Waals surface area contributed by atoms with E-state index in [0.717, 1.165) is 6.07 Å². The second-order valence-electron chi connectivity index (χ2n) is 5.28. The van der Waals surface area contributed by atoms with Crippen molar-refractivity contribution >= 4 is 11.8 Å². The molecule has 1 aliphatic heterocycles. The van der Waals surface area contributed by atoms with Crippen molar-refractivity contribution in [1.29, 1.82) is 0 Å². The molecule has 1 heterocycles. The van der Waals surface area contributed by atoms with Gasteiger partial charge in [-0.25, -0.2) is 4.79 Å². The van der Waals surface area contributed by atoms with Crippen molar-refractivity contribution in [2.75, 3.05) is 7.11 Å². The SMILES string of the molecule is COC1OC(C)C(OC(=O)c2c(C)cc(O)cc2O)C(=O)C1O. The smallest absolute Gasteiger partial charge is 0.343 e. The van der Waals surface area contributed by atoms with E-state index in [2.05, 4.69) is 0 Å². The molecule has 3 N–H and O–H groups in total. The summed E-state index contributed by atoms with van der Waals surface area (Å²) in [6, 6.07) is 2.26. The maximum absolute atomic E-state index is 12.2. The van der Waals surface area contributed by atoms with Gasteiger partial charge in [-0.2, -0.15) is 0 Å². The normalized spacial score (nSPS) is 27.7. The van der Waals surface area contributed by atoms with E-state index in [1.54, 1.807) is 0 Å². The molecule has 8 nitrogen and oxygen atoms in total. The molecule has 0 spiro atoms. The molecule has 1 aromatic carbocycles. The molecule has 0 amide bonds. The first kappa shape index (κ1) is 17.2. The number of aliphatic hydroxyl groups is 1. The van der Waals surface area contributed by atoms with Crippen molar-refractivity contribution < 1.29 is 39.1 Å². The number of ether oxygens (including phenoxy) is 3. The van der Waals surface area contributed by atoms with E-state index in [-0.39, 0.29) is 16.9 Å². The third kappa shape index (κ3) is 3.29. The van der Waals surface area contributed by atoms with Crippen LogP contribution in [-0.2, 0) is 19.0 Å². The highest BCUT2D eigenvalue weighted by Crippen LogP contribution is 2.29. The molecule has 0 aromatic heterocycles. The van der Waals surface area contributed by atoms with Gasteiger partial charge in [0.1, 0.15) is 23.2 Å². The average molecular weight is 326 g/mol. The molecule has 23 heavy (non-hydrogen) atoms. The first-order valence-electron chi connectivity index (χ1n) is 6.89. The first-order chi connectivity index (χ1) is 10.8. The number of aryl methyl sites for hydroxylation is 1. The Labute approximate surface area is 132 Å². The Morgan fingerprint density at radius 3 is 2.52 bits per heavy atom. The van der Waals surface area contributed by atoms with Gasteiger partial charge < -0.3 is 29.5 Å². The molecule has 1 aliphatic rings. The zero-order valence-corrected chi connectivity index (χ0v) is 12.8. The Morgan fingerprint density at radius 2 is 1.96 bits per heavy atom. The Morgan fingerprint density at radius 1 is 1.30 bits per heavy atom. The van der Waals surface area contributed by atoms with E-state index in [9.17, 15) is 24.9 Å². The fourth-order valence-electron chi connectivity index (χ4n) is 2.42. The van der Waals surface area contributed by atoms with E-state index < -0.39 is 42.1 Å². The zero-order valence-electron chi connectivity index (χ0n) is 12.8. The second kappa shape index (κ2) is 6.53. The number of hydrogen-bond donors (Lipinski definition) is 3. The van der Waals surface area contributed by atoms with Crippen molar-refractivity contribution in [3.8, 4) is 11.5 Å². The van der Waals surface area contributed by atoms with Crippen LogP contribution < -0.4 is 0 Å². The fourth-order valence-corrected chi connectivity index (χ4v) is 2.42. The van der Waals surface area contributed by atoms with Crippen LogP contribution in [-0.4, -0.2) is 58.8 Å². The van der Waals surface area contributed by atoms with Crippen molar-refractivity contribution in [3.05, 3.63) is 23.3 Å². The summed E-state index contributed by atoms with van der Waals surface area (Å²) in [7, 11) is 1.28. The van der Waals surface area contributed by atoms with Gasteiger partial charge in [-0.05, 0) is 25.5 Å². The van der Waals surface area contributed by atoms with Crippen LogP contribution in [0.15, 0.2) is 12.1 Å². The number of methoxy groups -OCH3 is 1. The lowest BCUT2D eigenvalue weighted by atomic mass is 10.0. The Hall–Kier alpha value is -2.16. The topological polar surface area (TPSA) is 123 Å². The second-order valence-corrected chi connectivity index (χ2v) is 5.28. The number of Topliss-reactive ketones (excluding diaryl/α,β-unsaturated/α-hetero) is 1. The lowest BCUT2D eigenvalue weighted by molar-refractivity contribution is -0.239. The Kier molecular flexibility index (Phi) is 4.88. The number of benzene rings is 1. The number of aliphatic hydroxyl groups excluding tert-OH is 1. The van der Waals surface area contributed by atoms with E-state index in [4.69, 9.17) is 14.2 Å². The number of phenolic OH excluding ortho intramolecular Hbond substituents is 2. The van der Waals surface area contributed by atoms with E-state index in [1.807, 2.05) is 0 Å². The summed E-state index contributed by atoms with van der Waals surface area (Å²) >= 11 is 0. The van der Waals surface area contributed by atoms with Crippen LogP contribution in [0.2, 0.25) is 0 Å². The zero-order chi connectivity index (χ0) is 17.3. The molecule has 4 unspecified atom stereocenters. The van der Waals surface area contributed by atoms with Crippen molar-refractivity contribution in [2.45, 2.75) is 38.4 Å². The lowest BCUT2D eigenvalue weighted by Crippen LogP contribution is -2.55. The van der Waals surface area contributed by atoms with Gasteiger partial charge in [-0.15, -0.1) is 0 Å². The molecule has 1 aromatic rings. The quantitative estimate of drug-likeness (QED) is 0.676. The summed E-state index contributed by atoms with van der Waals surface area (Å²) in [4.78, 5) is 24.3. The minimum absolute atomic E-state index is 0.175. The monoisotopic (exact) mass is 326 g/mol. The van der Waals surface area contributed by atoms with Crippen molar-refractivity contribution in [2.24, 2.45) is 0 Å². The van der Waals surface area contributed by atoms with E-state index in [0.29, 0.717) is 0 Å². The molecule has 126 valence electrons. The van der Waals surface area contributed by atoms with Crippen LogP contribution in [0.1, 0.15) is 22.8 Å². The van der Waals surface area contributed by atoms with Crippen LogP contribution in [0, 0.1) is 6.92 Å². The number of esters is 1. The number of rotatable bonds is 3. The molecule has 0 saturated carbocycles. The van der Waals surface area contributed by atoms with Gasteiger partial charge >= 0.3 is 5.97 Å². The number of hydrogen-bond acceptors (Lipinski definition) is 8. The van der Waals surface area contributed by atoms with Crippen LogP contribution in [0.4, 0.5) is 0 Å². The van der Waals surface area contributed by atoms with Crippen molar-refractivity contribution in [1.82, 2.24) is 0 Å². The molecule has 1 saturated heterocycles. The number of carbonyl (C=O) groups is 2. The first-order valence-corrected chi connectivity index (χ1v) is 6.89. The fraction of sp³-hybridized carbons (Fsp3) is 0.467. The van der Waals surface area contributed by atoms with E-state index in [1.165, 1.54) is 27.0 Å². The number of phenols is 2. The maximum atomic E-state index is 12.2. The predicted octanol–water partition coefficient (Wildman–Crippen LogP) is 0.253. The summed E-state index contributed by atoms with van der Waals surface area (Å²) in [6.45, 7) is 2.99. The molecular weight excluding hydrogens is 308 g/mol. The third-order valence-corrected chi connectivity index (χ3v) is 3.57. The van der Waals surface area contributed by atoms with Gasteiger partial charge in [-0.1, -0.05) is 0 Å². The van der Waals surface area contributed by atoms with Crippen LogP contribution in [0.25, 0.3) is 0 Å². The highest BCUT2D eigenvalue weighted by Gasteiger charge is 2.45. The van der Waals surface area contributed by atoms with Gasteiger partial charge in [0.2, 0.25) is 5.78 Å². The van der Waals surface area contributed by atoms with Crippen LogP contribution in [0.5, 0.6) is 11.5 Å². The molecule has 8 heteroatoms. The lowest BCUT2D eigenvalue weighted by Gasteiger charge is -2.35. The minimum atomic E-state index is -1.58. The third-order valence-electron chi connectivity index (χ3n) is 3.57. The van der Waals surface area contributed by atoms with Crippen molar-refractivity contribution in [3.63, 3.8) is 0 Å². The molecular formula is C15H18O8. The number of aromatic hydroxyl groups is 2. The summed E-state index contributed by atoms with van der Waals surface area (Å²) in [5.41, 5.74) is 0.103. The van der Waals surface area contributed by atoms with Gasteiger partial charge in [0.05, 0.1) is 0 Å². The predicted molar refractivity (Wildman–Crippen MR) is 76.1 cm³/mol. The Balaban J connectivity index is 2.22. The van der Waals surface area contributed by atoms with Gasteiger partial charge in [0.15, 0.2) is 18.5 Å². The summed E-state index contributed by atoms with van der Waals surface area (Å²) in [5.74, 6) is -2.39. The maximum Gasteiger partial charge on any atom is 0.343 e. The average Bonchev–Trinajstić information content (AvgIpc) is 2.46. The molecule has 0 bridgehead atoms. The highest BCUT2D eigenvalue weighted by molar-refractivity contribution is 5.97. The summed E-state index contributed by atoms with van der Waals surface area (Å²) in [6.07, 6.45) is -4.88. The van der Waals surface area contributed by atoms with Gasteiger partial charge in [0.25, 0.3) is 0 Å².